The number of hydrogen-bond donors (Lipinski definition) is 2. The fourth-order valence-electron chi connectivity index (χ4n) is 7.14. The Bertz CT molecular complexity index is 1520. The van der Waals surface area contributed by atoms with Crippen LogP contribution in [0.25, 0.3) is 5.69 Å². The van der Waals surface area contributed by atoms with Gasteiger partial charge < -0.3 is 20.2 Å². The van der Waals surface area contributed by atoms with Gasteiger partial charge in [-0.3, -0.25) is 9.36 Å². The molecular formula is C29H35Cl2N9O3. The number of anilines is 3. The fourth-order valence-corrected chi connectivity index (χ4v) is 7.39. The molecule has 4 aliphatic rings. The Labute approximate surface area is 259 Å². The molecule has 2 N–H and O–H groups in total. The number of imidazole rings is 1. The van der Waals surface area contributed by atoms with E-state index in [1.165, 1.54) is 25.7 Å². The van der Waals surface area contributed by atoms with Gasteiger partial charge >= 0.3 is 5.97 Å². The van der Waals surface area contributed by atoms with Gasteiger partial charge in [0.25, 0.3) is 0 Å². The summed E-state index contributed by atoms with van der Waals surface area (Å²) in [5.74, 6) is 0.577. The number of aromatic nitrogens is 6. The first-order chi connectivity index (χ1) is 20.8. The average Bonchev–Trinajstić information content (AvgIpc) is 3.78. The molecule has 2 fully saturated rings. The topological polar surface area (TPSA) is 142 Å². The number of hydrogen-bond acceptors (Lipinski definition) is 9. The number of carboxylic acids is 1. The first-order valence-electron chi connectivity index (χ1n) is 15.1. The number of halogens is 2. The zero-order chi connectivity index (χ0) is 30.2. The van der Waals surface area contributed by atoms with E-state index in [9.17, 15) is 14.7 Å². The van der Waals surface area contributed by atoms with E-state index in [0.29, 0.717) is 23.5 Å². The Morgan fingerprint density at radius 1 is 0.884 bits per heavy atom. The third-order valence-corrected chi connectivity index (χ3v) is 9.34. The van der Waals surface area contributed by atoms with Crippen molar-refractivity contribution in [2.45, 2.75) is 102 Å². The summed E-state index contributed by atoms with van der Waals surface area (Å²) in [6, 6.07) is 0.493. The van der Waals surface area contributed by atoms with E-state index in [4.69, 9.17) is 23.2 Å². The quantitative estimate of drug-likeness (QED) is 0.331. The summed E-state index contributed by atoms with van der Waals surface area (Å²) in [5.41, 5.74) is 2.22. The number of rotatable bonds is 5. The maximum atomic E-state index is 12.2. The van der Waals surface area contributed by atoms with Gasteiger partial charge in [-0.25, -0.2) is 19.7 Å². The van der Waals surface area contributed by atoms with Crippen molar-refractivity contribution in [1.29, 1.82) is 0 Å². The maximum absolute atomic E-state index is 12.2. The molecule has 43 heavy (non-hydrogen) atoms. The van der Waals surface area contributed by atoms with Gasteiger partial charge in [0.2, 0.25) is 16.5 Å². The lowest BCUT2D eigenvalue weighted by Gasteiger charge is -2.41. The third-order valence-electron chi connectivity index (χ3n) is 8.97. The Kier molecular flexibility index (Phi) is 8.41. The van der Waals surface area contributed by atoms with Crippen LogP contribution in [0.2, 0.25) is 10.6 Å². The highest BCUT2D eigenvalue weighted by Crippen LogP contribution is 2.44. The second-order valence-corrected chi connectivity index (χ2v) is 12.1. The van der Waals surface area contributed by atoms with Crippen molar-refractivity contribution in [3.63, 3.8) is 0 Å². The molecule has 0 bridgehead atoms. The van der Waals surface area contributed by atoms with Crippen LogP contribution in [0, 0.1) is 0 Å². The molecule has 0 spiro atoms. The summed E-state index contributed by atoms with van der Waals surface area (Å²) in [6.45, 7) is 4.09. The molecule has 228 valence electrons. The summed E-state index contributed by atoms with van der Waals surface area (Å²) in [7, 11) is 0. The van der Waals surface area contributed by atoms with Gasteiger partial charge in [0.05, 0.1) is 24.1 Å². The standard InChI is InChI=1S/C16H18ClN5O2.C13H17ClN4O/c1-2-10-13-12(15(23)24)19-8-21(13)11-7-18-16(17)20-14(11)22(10)9-5-3-4-6-9;1-2-10-12(19)16-9-7-15-13(14)17-11(9)18(10)8-5-3-4-6-8/h7-10H,2-6H2,1H3,(H,23,24);7-8,10H,2-6H2,1H3,(H,16,19). The molecule has 2 unspecified atom stereocenters. The van der Waals surface area contributed by atoms with Gasteiger partial charge in [0.15, 0.2) is 17.3 Å². The average molecular weight is 629 g/mol. The van der Waals surface area contributed by atoms with Gasteiger partial charge in [0, 0.05) is 12.1 Å². The number of fused-ring (bicyclic) bond motifs is 4. The van der Waals surface area contributed by atoms with Crippen molar-refractivity contribution in [2.24, 2.45) is 0 Å². The Hall–Kier alpha value is -3.51. The highest BCUT2D eigenvalue weighted by atomic mass is 35.5. The summed E-state index contributed by atoms with van der Waals surface area (Å²) < 4.78 is 1.80. The van der Waals surface area contributed by atoms with Crippen molar-refractivity contribution >= 4 is 52.4 Å². The molecular weight excluding hydrogens is 593 g/mol. The van der Waals surface area contributed by atoms with Crippen molar-refractivity contribution < 1.29 is 14.7 Å². The minimum absolute atomic E-state index is 0.0350. The zero-order valence-corrected chi connectivity index (χ0v) is 25.7. The van der Waals surface area contributed by atoms with Crippen LogP contribution in [0.15, 0.2) is 18.7 Å². The Morgan fingerprint density at radius 3 is 2.02 bits per heavy atom. The number of amides is 1. The molecule has 7 rings (SSSR count). The predicted molar refractivity (Wildman–Crippen MR) is 163 cm³/mol. The van der Waals surface area contributed by atoms with Crippen LogP contribution in [-0.2, 0) is 4.79 Å². The number of nitrogens with zero attached hydrogens (tertiary/aromatic N) is 8. The summed E-state index contributed by atoms with van der Waals surface area (Å²) in [4.78, 5) is 49.2. The SMILES string of the molecule is CCC1C(=O)Nc2cnc(Cl)nc2N1C1CCCC1.CCC1c2c(C(=O)O)ncn2-c2cnc(Cl)nc2N1C1CCCC1. The lowest BCUT2D eigenvalue weighted by molar-refractivity contribution is -0.117. The monoisotopic (exact) mass is 627 g/mol. The second-order valence-electron chi connectivity index (χ2n) is 11.4. The van der Waals surface area contributed by atoms with Crippen LogP contribution < -0.4 is 15.1 Å². The predicted octanol–water partition coefficient (Wildman–Crippen LogP) is 5.84. The first-order valence-corrected chi connectivity index (χ1v) is 15.8. The second kappa shape index (κ2) is 12.2. The molecule has 0 saturated heterocycles. The zero-order valence-electron chi connectivity index (χ0n) is 24.2. The van der Waals surface area contributed by atoms with Crippen molar-refractivity contribution in [2.75, 3.05) is 15.1 Å². The maximum Gasteiger partial charge on any atom is 0.356 e. The molecule has 5 heterocycles. The number of carboxylic acid groups (broad SMARTS) is 1. The molecule has 3 aromatic rings. The summed E-state index contributed by atoms with van der Waals surface area (Å²) in [5, 5.41) is 12.8. The molecule has 12 nitrogen and oxygen atoms in total. The molecule has 2 aliphatic carbocycles. The van der Waals surface area contributed by atoms with Gasteiger partial charge in [-0.05, 0) is 61.7 Å². The fraction of sp³-hybridized carbons (Fsp3) is 0.552. The van der Waals surface area contributed by atoms with Crippen LogP contribution in [0.1, 0.15) is 100 Å². The third kappa shape index (κ3) is 5.39. The molecule has 3 aromatic heterocycles. The molecule has 2 aliphatic heterocycles. The minimum Gasteiger partial charge on any atom is -0.476 e. The smallest absolute Gasteiger partial charge is 0.356 e. The van der Waals surface area contributed by atoms with Crippen molar-refractivity contribution in [3.8, 4) is 5.69 Å². The van der Waals surface area contributed by atoms with Crippen LogP contribution in [-0.4, -0.2) is 64.6 Å². The lowest BCUT2D eigenvalue weighted by Crippen LogP contribution is -2.52. The summed E-state index contributed by atoms with van der Waals surface area (Å²) in [6.07, 6.45) is 15.5. The number of nitrogens with one attached hydrogen (secondary N) is 1. The van der Waals surface area contributed by atoms with Gasteiger partial charge in [-0.15, -0.1) is 0 Å². The van der Waals surface area contributed by atoms with E-state index < -0.39 is 5.97 Å². The summed E-state index contributed by atoms with van der Waals surface area (Å²) >= 11 is 12.0. The van der Waals surface area contributed by atoms with E-state index in [2.05, 4.69) is 47.0 Å². The van der Waals surface area contributed by atoms with Crippen molar-refractivity contribution in [3.05, 3.63) is 40.7 Å². The highest BCUT2D eigenvalue weighted by Gasteiger charge is 2.41. The number of carbonyl (C=O) groups is 2. The number of carbonyl (C=O) groups excluding carboxylic acids is 1. The Balaban J connectivity index is 0.000000157. The number of aromatic carboxylic acids is 1. The van der Waals surface area contributed by atoms with Crippen LogP contribution in [0.5, 0.6) is 0 Å². The minimum atomic E-state index is -1.01. The van der Waals surface area contributed by atoms with E-state index >= 15 is 0 Å². The molecule has 2 atom stereocenters. The molecule has 0 aromatic carbocycles. The van der Waals surface area contributed by atoms with Crippen LogP contribution in [0.4, 0.5) is 17.3 Å². The van der Waals surface area contributed by atoms with Gasteiger partial charge in [0.1, 0.15) is 23.7 Å². The van der Waals surface area contributed by atoms with Crippen LogP contribution >= 0.6 is 23.2 Å². The Morgan fingerprint density at radius 2 is 1.44 bits per heavy atom. The normalized spacial score (nSPS) is 21.5. The van der Waals surface area contributed by atoms with Gasteiger partial charge in [-0.2, -0.15) is 9.97 Å². The first kappa shape index (κ1) is 29.6. The van der Waals surface area contributed by atoms with Crippen molar-refractivity contribution in [1.82, 2.24) is 29.5 Å². The molecule has 0 radical (unpaired) electrons. The highest BCUT2D eigenvalue weighted by molar-refractivity contribution is 6.28. The van der Waals surface area contributed by atoms with E-state index in [1.54, 1.807) is 23.3 Å². The van der Waals surface area contributed by atoms with Gasteiger partial charge in [-0.1, -0.05) is 39.5 Å². The van der Waals surface area contributed by atoms with E-state index in [-0.39, 0.29) is 34.3 Å². The molecule has 14 heteroatoms. The van der Waals surface area contributed by atoms with Crippen LogP contribution in [0.3, 0.4) is 0 Å². The lowest BCUT2D eigenvalue weighted by atomic mass is 10.0. The largest absolute Gasteiger partial charge is 0.476 e. The van der Waals surface area contributed by atoms with E-state index in [1.807, 2.05) is 6.92 Å². The van der Waals surface area contributed by atoms with E-state index in [0.717, 1.165) is 55.8 Å². The molecule has 2 saturated carbocycles. The molecule has 1 amide bonds.